The Hall–Kier alpha value is -2.34. The van der Waals surface area contributed by atoms with Gasteiger partial charge in [-0.1, -0.05) is 24.3 Å². The summed E-state index contributed by atoms with van der Waals surface area (Å²) in [6, 6.07) is 8.13. The van der Waals surface area contributed by atoms with Gasteiger partial charge in [-0.05, 0) is 24.0 Å². The standard InChI is InChI=1S/C16H20N4O2/c1-22-9-8-20-11-13(10-17-20)18-16(21)19-15-7-6-12-4-2-3-5-14(12)15/h2-5,10-11,15H,6-9H2,1H3,(H2,18,19,21). The fraction of sp³-hybridized carbons (Fsp3) is 0.375. The molecule has 1 atom stereocenters. The predicted octanol–water partition coefficient (Wildman–Crippen LogP) is 2.34. The summed E-state index contributed by atoms with van der Waals surface area (Å²) in [4.78, 5) is 12.1. The number of anilines is 1. The first-order valence-electron chi connectivity index (χ1n) is 7.43. The van der Waals surface area contributed by atoms with Gasteiger partial charge >= 0.3 is 6.03 Å². The lowest BCUT2D eigenvalue weighted by Crippen LogP contribution is -2.31. The predicted molar refractivity (Wildman–Crippen MR) is 83.8 cm³/mol. The number of nitrogens with one attached hydrogen (secondary N) is 2. The van der Waals surface area contributed by atoms with E-state index >= 15 is 0 Å². The van der Waals surface area contributed by atoms with Crippen LogP contribution in [0.5, 0.6) is 0 Å². The van der Waals surface area contributed by atoms with E-state index < -0.39 is 0 Å². The van der Waals surface area contributed by atoms with Crippen LogP contribution in [0.25, 0.3) is 0 Å². The number of ether oxygens (including phenoxy) is 1. The van der Waals surface area contributed by atoms with Gasteiger partial charge in [-0.3, -0.25) is 4.68 Å². The monoisotopic (exact) mass is 300 g/mol. The van der Waals surface area contributed by atoms with Crippen molar-refractivity contribution in [2.24, 2.45) is 0 Å². The van der Waals surface area contributed by atoms with Crippen molar-refractivity contribution in [2.75, 3.05) is 19.0 Å². The summed E-state index contributed by atoms with van der Waals surface area (Å²) in [5, 5.41) is 10.0. The van der Waals surface area contributed by atoms with Crippen molar-refractivity contribution in [1.29, 1.82) is 0 Å². The van der Waals surface area contributed by atoms with Crippen LogP contribution in [0, 0.1) is 0 Å². The fourth-order valence-corrected chi connectivity index (χ4v) is 2.77. The number of hydrogen-bond acceptors (Lipinski definition) is 3. The minimum atomic E-state index is -0.201. The molecule has 3 rings (SSSR count). The number of aromatic nitrogens is 2. The van der Waals surface area contributed by atoms with Crippen LogP contribution in [0.15, 0.2) is 36.7 Å². The molecule has 1 aromatic carbocycles. The van der Waals surface area contributed by atoms with Gasteiger partial charge in [0.2, 0.25) is 0 Å². The van der Waals surface area contributed by atoms with Gasteiger partial charge in [0.05, 0.1) is 31.1 Å². The highest BCUT2D eigenvalue weighted by molar-refractivity contribution is 5.89. The SMILES string of the molecule is COCCn1cc(NC(=O)NC2CCc3ccccc32)cn1. The van der Waals surface area contributed by atoms with E-state index in [9.17, 15) is 4.79 Å². The Kier molecular flexibility index (Phi) is 4.39. The van der Waals surface area contributed by atoms with E-state index in [4.69, 9.17) is 4.74 Å². The van der Waals surface area contributed by atoms with Gasteiger partial charge < -0.3 is 15.4 Å². The molecule has 2 amide bonds. The number of nitrogens with zero attached hydrogens (tertiary/aromatic N) is 2. The zero-order valence-corrected chi connectivity index (χ0v) is 12.6. The molecule has 0 aliphatic heterocycles. The van der Waals surface area contributed by atoms with Gasteiger partial charge in [-0.2, -0.15) is 5.10 Å². The molecule has 0 saturated carbocycles. The lowest BCUT2D eigenvalue weighted by molar-refractivity contribution is 0.183. The number of fused-ring (bicyclic) bond motifs is 1. The van der Waals surface area contributed by atoms with Gasteiger partial charge in [0.25, 0.3) is 0 Å². The summed E-state index contributed by atoms with van der Waals surface area (Å²) in [5.74, 6) is 0. The van der Waals surface area contributed by atoms with E-state index in [1.165, 1.54) is 11.1 Å². The van der Waals surface area contributed by atoms with Crippen LogP contribution in [-0.2, 0) is 17.7 Å². The molecule has 2 aromatic rings. The van der Waals surface area contributed by atoms with Crippen LogP contribution >= 0.6 is 0 Å². The number of urea groups is 1. The molecule has 116 valence electrons. The molecule has 1 aliphatic carbocycles. The molecule has 2 N–H and O–H groups in total. The van der Waals surface area contributed by atoms with Gasteiger partial charge in [-0.15, -0.1) is 0 Å². The van der Waals surface area contributed by atoms with Gasteiger partial charge in [0, 0.05) is 13.3 Å². The number of amides is 2. The first kappa shape index (κ1) is 14.6. The first-order chi connectivity index (χ1) is 10.8. The Morgan fingerprint density at radius 2 is 2.32 bits per heavy atom. The van der Waals surface area contributed by atoms with Crippen molar-refractivity contribution < 1.29 is 9.53 Å². The van der Waals surface area contributed by atoms with Crippen molar-refractivity contribution in [3.05, 3.63) is 47.8 Å². The van der Waals surface area contributed by atoms with E-state index in [1.807, 2.05) is 12.1 Å². The van der Waals surface area contributed by atoms with Crippen molar-refractivity contribution in [3.8, 4) is 0 Å². The quantitative estimate of drug-likeness (QED) is 0.890. The van der Waals surface area contributed by atoms with Crippen LogP contribution in [0.2, 0.25) is 0 Å². The van der Waals surface area contributed by atoms with Crippen molar-refractivity contribution in [3.63, 3.8) is 0 Å². The smallest absolute Gasteiger partial charge is 0.319 e. The maximum atomic E-state index is 12.1. The average molecular weight is 300 g/mol. The van der Waals surface area contributed by atoms with Crippen LogP contribution in [-0.4, -0.2) is 29.5 Å². The maximum Gasteiger partial charge on any atom is 0.319 e. The first-order valence-corrected chi connectivity index (χ1v) is 7.43. The summed E-state index contributed by atoms with van der Waals surface area (Å²) in [7, 11) is 1.65. The molecule has 1 aromatic heterocycles. The maximum absolute atomic E-state index is 12.1. The summed E-state index contributed by atoms with van der Waals surface area (Å²) < 4.78 is 6.74. The number of methoxy groups -OCH3 is 1. The Balaban J connectivity index is 1.56. The molecule has 1 unspecified atom stereocenters. The number of rotatable bonds is 5. The van der Waals surface area contributed by atoms with E-state index in [1.54, 1.807) is 24.2 Å². The van der Waals surface area contributed by atoms with Gasteiger partial charge in [-0.25, -0.2) is 4.79 Å². The molecule has 0 radical (unpaired) electrons. The summed E-state index contributed by atoms with van der Waals surface area (Å²) in [6.07, 6.45) is 5.38. The topological polar surface area (TPSA) is 68.2 Å². The number of carbonyl (C=O) groups excluding carboxylic acids is 1. The van der Waals surface area contributed by atoms with Crippen LogP contribution in [0.3, 0.4) is 0 Å². The third kappa shape index (κ3) is 3.28. The number of benzene rings is 1. The second kappa shape index (κ2) is 6.62. The third-order valence-electron chi connectivity index (χ3n) is 3.85. The lowest BCUT2D eigenvalue weighted by atomic mass is 10.1. The van der Waals surface area contributed by atoms with E-state index in [0.717, 1.165) is 12.8 Å². The average Bonchev–Trinajstić information content (AvgIpc) is 3.13. The molecule has 0 bridgehead atoms. The lowest BCUT2D eigenvalue weighted by Gasteiger charge is -2.14. The summed E-state index contributed by atoms with van der Waals surface area (Å²) in [5.41, 5.74) is 3.22. The highest BCUT2D eigenvalue weighted by Crippen LogP contribution is 2.30. The number of aryl methyl sites for hydroxylation is 1. The van der Waals surface area contributed by atoms with Gasteiger partial charge in [0.1, 0.15) is 0 Å². The van der Waals surface area contributed by atoms with E-state index in [-0.39, 0.29) is 12.1 Å². The second-order valence-corrected chi connectivity index (χ2v) is 5.37. The van der Waals surface area contributed by atoms with Crippen molar-refractivity contribution in [2.45, 2.75) is 25.4 Å². The zero-order valence-electron chi connectivity index (χ0n) is 12.6. The van der Waals surface area contributed by atoms with Crippen LogP contribution in [0.1, 0.15) is 23.6 Å². The van der Waals surface area contributed by atoms with E-state index in [2.05, 4.69) is 27.9 Å². The van der Waals surface area contributed by atoms with Crippen molar-refractivity contribution >= 4 is 11.7 Å². The minimum absolute atomic E-state index is 0.0831. The van der Waals surface area contributed by atoms with Crippen LogP contribution in [0.4, 0.5) is 10.5 Å². The molecule has 22 heavy (non-hydrogen) atoms. The Morgan fingerprint density at radius 1 is 1.45 bits per heavy atom. The number of carbonyl (C=O) groups is 1. The molecule has 1 heterocycles. The molecular formula is C16H20N4O2. The third-order valence-corrected chi connectivity index (χ3v) is 3.85. The summed E-state index contributed by atoms with van der Waals surface area (Å²) in [6.45, 7) is 1.25. The summed E-state index contributed by atoms with van der Waals surface area (Å²) >= 11 is 0. The molecule has 0 saturated heterocycles. The van der Waals surface area contributed by atoms with E-state index in [0.29, 0.717) is 18.8 Å². The van der Waals surface area contributed by atoms with Gasteiger partial charge in [0.15, 0.2) is 0 Å². The Morgan fingerprint density at radius 3 is 3.18 bits per heavy atom. The largest absolute Gasteiger partial charge is 0.383 e. The minimum Gasteiger partial charge on any atom is -0.383 e. The Labute approximate surface area is 129 Å². The molecule has 6 nitrogen and oxygen atoms in total. The number of hydrogen-bond donors (Lipinski definition) is 2. The van der Waals surface area contributed by atoms with Crippen LogP contribution < -0.4 is 10.6 Å². The Bertz CT molecular complexity index is 653. The zero-order chi connectivity index (χ0) is 15.4. The molecular weight excluding hydrogens is 280 g/mol. The molecule has 0 spiro atoms. The molecule has 6 heteroatoms. The highest BCUT2D eigenvalue weighted by Gasteiger charge is 2.23. The highest BCUT2D eigenvalue weighted by atomic mass is 16.5. The second-order valence-electron chi connectivity index (χ2n) is 5.37. The molecule has 1 aliphatic rings. The fourth-order valence-electron chi connectivity index (χ4n) is 2.77. The normalized spacial score (nSPS) is 16.3. The van der Waals surface area contributed by atoms with Crippen molar-refractivity contribution in [1.82, 2.24) is 15.1 Å². The molecule has 0 fully saturated rings.